The average Bonchev–Trinajstić information content (AvgIpc) is 3.60. The van der Waals surface area contributed by atoms with Gasteiger partial charge < -0.3 is 24.0 Å². The summed E-state index contributed by atoms with van der Waals surface area (Å²) in [5, 5.41) is 7.55. The molecule has 4 aromatic rings. The first-order valence-corrected chi connectivity index (χ1v) is 14.5. The van der Waals surface area contributed by atoms with Gasteiger partial charge in [0, 0.05) is 51.9 Å². The van der Waals surface area contributed by atoms with Crippen LogP contribution in [0, 0.1) is 5.82 Å². The molecule has 3 aromatic heterocycles. The van der Waals surface area contributed by atoms with Crippen LogP contribution in [-0.2, 0) is 9.53 Å². The van der Waals surface area contributed by atoms with Crippen LogP contribution >= 0.6 is 23.2 Å². The van der Waals surface area contributed by atoms with E-state index in [0.29, 0.717) is 68.0 Å². The number of amides is 1. The number of likely N-dealkylation sites (N-methyl/N-ethyl adjacent to an activating group) is 1. The third-order valence-electron chi connectivity index (χ3n) is 7.47. The topological polar surface area (TPSA) is 122 Å². The first-order valence-electron chi connectivity index (χ1n) is 13.8. The van der Waals surface area contributed by atoms with Crippen LogP contribution in [0.15, 0.2) is 31.0 Å². The molecule has 1 amide bonds. The number of rotatable bonds is 8. The minimum absolute atomic E-state index is 0.00879. The Morgan fingerprint density at radius 2 is 1.91 bits per heavy atom. The summed E-state index contributed by atoms with van der Waals surface area (Å²) in [5.41, 5.74) is 0.673. The lowest BCUT2D eigenvalue weighted by atomic mass is 10.2. The van der Waals surface area contributed by atoms with Gasteiger partial charge in [-0.3, -0.25) is 14.8 Å². The van der Waals surface area contributed by atoms with Crippen molar-refractivity contribution in [1.29, 1.82) is 0 Å². The van der Waals surface area contributed by atoms with E-state index in [1.165, 1.54) is 18.3 Å². The molecule has 2 fully saturated rings. The van der Waals surface area contributed by atoms with Crippen molar-refractivity contribution in [2.75, 3.05) is 57.8 Å². The predicted molar refractivity (Wildman–Crippen MR) is 160 cm³/mol. The second kappa shape index (κ2) is 12.1. The maximum Gasteiger partial charge on any atom is 0.319 e. The van der Waals surface area contributed by atoms with E-state index in [1.54, 1.807) is 11.0 Å². The van der Waals surface area contributed by atoms with Gasteiger partial charge in [0.25, 0.3) is 0 Å². The van der Waals surface area contributed by atoms with E-state index in [9.17, 15) is 9.18 Å². The van der Waals surface area contributed by atoms with Crippen molar-refractivity contribution in [2.45, 2.75) is 19.1 Å². The first-order chi connectivity index (χ1) is 20.7. The number of fused-ring (bicyclic) bond motifs is 2. The van der Waals surface area contributed by atoms with Gasteiger partial charge >= 0.3 is 6.01 Å². The molecule has 5 heterocycles. The number of likely N-dealkylation sites (tertiary alicyclic amines) is 1. The van der Waals surface area contributed by atoms with E-state index in [4.69, 9.17) is 47.4 Å². The van der Waals surface area contributed by atoms with E-state index >= 15 is 0 Å². The number of piperazine rings is 1. The number of anilines is 1. The first kappa shape index (κ1) is 29.3. The zero-order valence-corrected chi connectivity index (χ0v) is 25.0. The lowest BCUT2D eigenvalue weighted by Gasteiger charge is -2.35. The summed E-state index contributed by atoms with van der Waals surface area (Å²) >= 11 is 12.8. The Bertz CT molecular complexity index is 1700. The summed E-state index contributed by atoms with van der Waals surface area (Å²) in [4.78, 5) is 32.0. The molecule has 0 radical (unpaired) electrons. The maximum absolute atomic E-state index is 14.7. The summed E-state index contributed by atoms with van der Waals surface area (Å²) in [6.07, 6.45) is 2.28. The summed E-state index contributed by atoms with van der Waals surface area (Å²) in [7, 11) is 1.99. The summed E-state index contributed by atoms with van der Waals surface area (Å²) in [6.45, 7) is 9.27. The monoisotopic (exact) mass is 630 g/mol. The lowest BCUT2D eigenvalue weighted by molar-refractivity contribution is -0.126. The van der Waals surface area contributed by atoms with Crippen LogP contribution in [0.3, 0.4) is 0 Å². The maximum atomic E-state index is 14.7. The van der Waals surface area contributed by atoms with Crippen molar-refractivity contribution in [3.63, 3.8) is 0 Å². The van der Waals surface area contributed by atoms with E-state index in [2.05, 4.69) is 26.7 Å². The van der Waals surface area contributed by atoms with E-state index < -0.39 is 5.82 Å². The standard InChI is InChI=1S/C28H29Cl2FN8O4/c1-4-22(40)38-6-8-39(9-7-38)26-15-10-21(29)33-27(43-25-16-12-32-36-18(16)11-17(31)23(25)30)24(15)34-28(35-26)42-20-14-37(3)13-19(20)41-5-2/h4,10-12,19-20H,1,5-9,13-14H2,2-3H3,(H,32,36)/t19?,20-/m1/s1. The van der Waals surface area contributed by atoms with E-state index in [-0.39, 0.29) is 51.4 Å². The number of carbonyl (C=O) groups is 1. The smallest absolute Gasteiger partial charge is 0.319 e. The molecule has 1 N–H and O–H groups in total. The molecule has 6 rings (SSSR count). The van der Waals surface area contributed by atoms with Crippen LogP contribution in [0.5, 0.6) is 17.6 Å². The molecule has 226 valence electrons. The molecule has 0 aliphatic carbocycles. The highest BCUT2D eigenvalue weighted by Gasteiger charge is 2.35. The number of benzene rings is 1. The highest BCUT2D eigenvalue weighted by atomic mass is 35.5. The van der Waals surface area contributed by atoms with Gasteiger partial charge in [0.1, 0.15) is 39.5 Å². The molecule has 43 heavy (non-hydrogen) atoms. The lowest BCUT2D eigenvalue weighted by Crippen LogP contribution is -2.48. The van der Waals surface area contributed by atoms with Crippen LogP contribution in [0.25, 0.3) is 21.8 Å². The van der Waals surface area contributed by atoms with Crippen molar-refractivity contribution >= 4 is 56.7 Å². The Balaban J connectivity index is 1.45. The summed E-state index contributed by atoms with van der Waals surface area (Å²) in [5.74, 6) is -0.314. The fourth-order valence-corrected chi connectivity index (χ4v) is 5.80. The zero-order valence-electron chi connectivity index (χ0n) is 23.5. The zero-order chi connectivity index (χ0) is 30.2. The van der Waals surface area contributed by atoms with Crippen LogP contribution in [0.1, 0.15) is 6.92 Å². The second-order valence-corrected chi connectivity index (χ2v) is 11.1. The molecule has 2 saturated heterocycles. The van der Waals surface area contributed by atoms with Gasteiger partial charge in [-0.25, -0.2) is 4.39 Å². The van der Waals surface area contributed by atoms with Crippen LogP contribution in [-0.4, -0.2) is 106 Å². The molecule has 2 atom stereocenters. The minimum atomic E-state index is -0.696. The molecule has 0 bridgehead atoms. The quantitative estimate of drug-likeness (QED) is 0.225. The largest absolute Gasteiger partial charge is 0.456 e. The Morgan fingerprint density at radius 1 is 1.14 bits per heavy atom. The normalized spacial score (nSPS) is 19.4. The second-order valence-electron chi connectivity index (χ2n) is 10.3. The highest BCUT2D eigenvalue weighted by molar-refractivity contribution is 6.33. The van der Waals surface area contributed by atoms with Gasteiger partial charge in [-0.15, -0.1) is 0 Å². The molecule has 1 aromatic carbocycles. The third-order valence-corrected chi connectivity index (χ3v) is 8.02. The third kappa shape index (κ3) is 5.77. The molecule has 2 aliphatic heterocycles. The number of aromatic nitrogens is 5. The van der Waals surface area contributed by atoms with Gasteiger partial charge in [-0.2, -0.15) is 20.1 Å². The van der Waals surface area contributed by atoms with Gasteiger partial charge in [0.05, 0.1) is 22.5 Å². The fraction of sp³-hybridized carbons (Fsp3) is 0.393. The number of nitrogens with one attached hydrogen (secondary N) is 1. The molecule has 1 unspecified atom stereocenters. The number of carbonyl (C=O) groups excluding carboxylic acids is 1. The summed E-state index contributed by atoms with van der Waals surface area (Å²) in [6, 6.07) is 2.96. The Kier molecular flexibility index (Phi) is 8.23. The molecule has 15 heteroatoms. The van der Waals surface area contributed by atoms with Crippen molar-refractivity contribution in [3.05, 3.63) is 47.0 Å². The van der Waals surface area contributed by atoms with Gasteiger partial charge in [0.2, 0.25) is 11.8 Å². The molecule has 0 saturated carbocycles. The van der Waals surface area contributed by atoms with Gasteiger partial charge in [-0.1, -0.05) is 29.8 Å². The van der Waals surface area contributed by atoms with Crippen molar-refractivity contribution in [1.82, 2.24) is 34.9 Å². The molecule has 12 nitrogen and oxygen atoms in total. The Labute approximate surface area is 256 Å². The average molecular weight is 631 g/mol. The number of hydrogen-bond acceptors (Lipinski definition) is 10. The van der Waals surface area contributed by atoms with Gasteiger partial charge in [-0.05, 0) is 26.1 Å². The van der Waals surface area contributed by atoms with Gasteiger partial charge in [0.15, 0.2) is 5.75 Å². The van der Waals surface area contributed by atoms with Crippen LogP contribution in [0.4, 0.5) is 10.2 Å². The number of ether oxygens (including phenoxy) is 3. The molecular formula is C28H29Cl2FN8O4. The number of nitrogens with zero attached hydrogens (tertiary/aromatic N) is 7. The SMILES string of the molecule is C=CC(=O)N1CCN(c2nc(O[C@@H]3CN(C)CC3OCC)nc3c(Oc4c(Cl)c(F)cc5[nH]ncc45)nc(Cl)cc23)CC1. The summed E-state index contributed by atoms with van der Waals surface area (Å²) < 4.78 is 33.2. The molecule has 0 spiro atoms. The van der Waals surface area contributed by atoms with Crippen LogP contribution in [0.2, 0.25) is 10.2 Å². The van der Waals surface area contributed by atoms with Crippen molar-refractivity contribution in [3.8, 4) is 17.6 Å². The highest BCUT2D eigenvalue weighted by Crippen LogP contribution is 2.41. The fourth-order valence-electron chi connectivity index (χ4n) is 5.41. The van der Waals surface area contributed by atoms with Crippen molar-refractivity contribution in [2.24, 2.45) is 0 Å². The van der Waals surface area contributed by atoms with E-state index in [1.807, 2.05) is 18.9 Å². The number of H-pyrrole nitrogens is 1. The number of halogens is 3. The number of aromatic amines is 1. The van der Waals surface area contributed by atoms with E-state index in [0.717, 1.165) is 0 Å². The number of pyridine rings is 1. The Morgan fingerprint density at radius 3 is 2.65 bits per heavy atom. The van der Waals surface area contributed by atoms with Crippen molar-refractivity contribution < 1.29 is 23.4 Å². The molecular weight excluding hydrogens is 602 g/mol. The molecule has 2 aliphatic rings. The van der Waals surface area contributed by atoms with Crippen LogP contribution < -0.4 is 14.4 Å². The Hall–Kier alpha value is -3.78. The predicted octanol–water partition coefficient (Wildman–Crippen LogP) is 4.07. The minimum Gasteiger partial charge on any atom is -0.456 e. The number of hydrogen-bond donors (Lipinski definition) is 1.